The Labute approximate surface area is 103 Å². The molecule has 0 radical (unpaired) electrons. The normalized spacial score (nSPS) is 14.1. The molecule has 1 aromatic rings. The van der Waals surface area contributed by atoms with Crippen molar-refractivity contribution in [2.75, 3.05) is 0 Å². The monoisotopic (exact) mass is 256 g/mol. The van der Waals surface area contributed by atoms with Crippen molar-refractivity contribution in [2.24, 2.45) is 11.5 Å². The van der Waals surface area contributed by atoms with Gasteiger partial charge in [-0.25, -0.2) is 4.98 Å². The molecule has 0 aliphatic heterocycles. The van der Waals surface area contributed by atoms with Crippen molar-refractivity contribution < 1.29 is 9.59 Å². The fourth-order valence-electron chi connectivity index (χ4n) is 1.25. The van der Waals surface area contributed by atoms with E-state index in [4.69, 9.17) is 11.5 Å². The molecule has 1 rings (SSSR count). The molecule has 5 N–H and O–H groups in total. The molecule has 2 atom stereocenters. The molecular weight excluding hydrogens is 240 g/mol. The minimum absolute atomic E-state index is 0.107. The number of hydrogen-bond donors (Lipinski definition) is 3. The first-order chi connectivity index (χ1) is 7.90. The molecule has 17 heavy (non-hydrogen) atoms. The van der Waals surface area contributed by atoms with E-state index in [1.165, 1.54) is 11.3 Å². The van der Waals surface area contributed by atoms with Crippen LogP contribution in [0.2, 0.25) is 0 Å². The number of carbonyl (C=O) groups is 2. The number of primary amides is 1. The molecule has 0 saturated carbocycles. The minimum Gasteiger partial charge on any atom is -0.370 e. The molecule has 94 valence electrons. The van der Waals surface area contributed by atoms with Gasteiger partial charge in [-0.15, -0.1) is 11.3 Å². The lowest BCUT2D eigenvalue weighted by molar-refractivity contribution is -0.118. The van der Waals surface area contributed by atoms with E-state index >= 15 is 0 Å². The molecule has 1 heterocycles. The number of thiazole rings is 1. The second kappa shape index (κ2) is 5.74. The van der Waals surface area contributed by atoms with Crippen LogP contribution in [-0.4, -0.2) is 22.8 Å². The minimum atomic E-state index is -0.452. The quantitative estimate of drug-likeness (QED) is 0.696. The Bertz CT molecular complexity index is 416. The van der Waals surface area contributed by atoms with E-state index in [0.29, 0.717) is 10.7 Å². The van der Waals surface area contributed by atoms with Crippen LogP contribution >= 0.6 is 11.3 Å². The van der Waals surface area contributed by atoms with Crippen molar-refractivity contribution in [3.05, 3.63) is 16.1 Å². The van der Waals surface area contributed by atoms with Gasteiger partial charge in [-0.3, -0.25) is 9.59 Å². The van der Waals surface area contributed by atoms with Gasteiger partial charge in [0, 0.05) is 17.8 Å². The standard InChI is InChI=1S/C10H16N4O2S/c1-5(3-8(12)15)13-9(16)7-4-17-10(14-7)6(2)11/h4-6H,3,11H2,1-2H3,(H2,12,15)(H,13,16). The topological polar surface area (TPSA) is 111 Å². The molecule has 0 spiro atoms. The van der Waals surface area contributed by atoms with E-state index in [2.05, 4.69) is 10.3 Å². The molecule has 6 nitrogen and oxygen atoms in total. The van der Waals surface area contributed by atoms with Crippen molar-refractivity contribution in [3.63, 3.8) is 0 Å². The molecule has 0 aliphatic rings. The second-order valence-electron chi connectivity index (χ2n) is 3.90. The number of amides is 2. The van der Waals surface area contributed by atoms with Gasteiger partial charge in [-0.05, 0) is 13.8 Å². The van der Waals surface area contributed by atoms with Crippen molar-refractivity contribution in [1.29, 1.82) is 0 Å². The van der Waals surface area contributed by atoms with Gasteiger partial charge in [0.1, 0.15) is 10.7 Å². The number of carbonyl (C=O) groups excluding carboxylic acids is 2. The van der Waals surface area contributed by atoms with Gasteiger partial charge in [-0.2, -0.15) is 0 Å². The molecule has 2 unspecified atom stereocenters. The van der Waals surface area contributed by atoms with Gasteiger partial charge in [0.15, 0.2) is 0 Å². The third kappa shape index (κ3) is 4.12. The van der Waals surface area contributed by atoms with Gasteiger partial charge >= 0.3 is 0 Å². The summed E-state index contributed by atoms with van der Waals surface area (Å²) in [4.78, 5) is 26.5. The Morgan fingerprint density at radius 1 is 1.53 bits per heavy atom. The average Bonchev–Trinajstić information content (AvgIpc) is 2.64. The van der Waals surface area contributed by atoms with Gasteiger partial charge in [0.05, 0.1) is 6.04 Å². The zero-order chi connectivity index (χ0) is 13.0. The van der Waals surface area contributed by atoms with Crippen LogP contribution < -0.4 is 16.8 Å². The third-order valence-electron chi connectivity index (χ3n) is 2.03. The van der Waals surface area contributed by atoms with E-state index in [1.807, 2.05) is 0 Å². The van der Waals surface area contributed by atoms with Crippen LogP contribution in [0.25, 0.3) is 0 Å². The number of aromatic nitrogens is 1. The fourth-order valence-corrected chi connectivity index (χ4v) is 2.01. The first kappa shape index (κ1) is 13.6. The highest BCUT2D eigenvalue weighted by molar-refractivity contribution is 7.09. The van der Waals surface area contributed by atoms with Gasteiger partial charge in [0.2, 0.25) is 5.91 Å². The van der Waals surface area contributed by atoms with E-state index in [1.54, 1.807) is 19.2 Å². The Morgan fingerprint density at radius 3 is 2.65 bits per heavy atom. The van der Waals surface area contributed by atoms with Crippen molar-refractivity contribution in [1.82, 2.24) is 10.3 Å². The maximum absolute atomic E-state index is 11.7. The molecular formula is C10H16N4O2S. The maximum atomic E-state index is 11.7. The number of hydrogen-bond acceptors (Lipinski definition) is 5. The molecule has 7 heteroatoms. The fraction of sp³-hybridized carbons (Fsp3) is 0.500. The van der Waals surface area contributed by atoms with Crippen LogP contribution in [0.4, 0.5) is 0 Å². The zero-order valence-corrected chi connectivity index (χ0v) is 10.6. The van der Waals surface area contributed by atoms with E-state index in [-0.39, 0.29) is 24.4 Å². The number of rotatable bonds is 5. The highest BCUT2D eigenvalue weighted by Crippen LogP contribution is 2.15. The lowest BCUT2D eigenvalue weighted by Gasteiger charge is -2.10. The summed E-state index contributed by atoms with van der Waals surface area (Å²) in [6.07, 6.45) is 0.107. The molecule has 0 aromatic carbocycles. The van der Waals surface area contributed by atoms with Crippen LogP contribution in [0.15, 0.2) is 5.38 Å². The summed E-state index contributed by atoms with van der Waals surface area (Å²) in [6, 6.07) is -0.495. The predicted octanol–water partition coefficient (Wildman–Crippen LogP) is 0.157. The highest BCUT2D eigenvalue weighted by Gasteiger charge is 2.15. The molecule has 0 saturated heterocycles. The maximum Gasteiger partial charge on any atom is 0.270 e. The van der Waals surface area contributed by atoms with E-state index in [9.17, 15) is 9.59 Å². The van der Waals surface area contributed by atoms with Crippen LogP contribution in [0.3, 0.4) is 0 Å². The molecule has 0 fully saturated rings. The Balaban J connectivity index is 2.60. The summed E-state index contributed by atoms with van der Waals surface area (Å²) in [6.45, 7) is 3.51. The summed E-state index contributed by atoms with van der Waals surface area (Å²) in [5.74, 6) is -0.769. The molecule has 0 bridgehead atoms. The van der Waals surface area contributed by atoms with Crippen molar-refractivity contribution in [3.8, 4) is 0 Å². The SMILES string of the molecule is CC(CC(N)=O)NC(=O)c1csc(C(C)N)n1. The third-order valence-corrected chi connectivity index (χ3v) is 3.07. The summed E-state index contributed by atoms with van der Waals surface area (Å²) in [7, 11) is 0. The molecule has 0 aliphatic carbocycles. The summed E-state index contributed by atoms with van der Waals surface area (Å²) in [5.41, 5.74) is 11.0. The second-order valence-corrected chi connectivity index (χ2v) is 4.79. The Hall–Kier alpha value is -1.47. The van der Waals surface area contributed by atoms with Gasteiger partial charge < -0.3 is 16.8 Å². The number of nitrogens with zero attached hydrogens (tertiary/aromatic N) is 1. The first-order valence-electron chi connectivity index (χ1n) is 5.20. The predicted molar refractivity (Wildman–Crippen MR) is 65.5 cm³/mol. The Kier molecular flexibility index (Phi) is 4.59. The van der Waals surface area contributed by atoms with Crippen LogP contribution in [0.1, 0.15) is 41.8 Å². The summed E-state index contributed by atoms with van der Waals surface area (Å²) in [5, 5.41) is 4.99. The lowest BCUT2D eigenvalue weighted by Crippen LogP contribution is -2.35. The van der Waals surface area contributed by atoms with Crippen LogP contribution in [0.5, 0.6) is 0 Å². The summed E-state index contributed by atoms with van der Waals surface area (Å²) < 4.78 is 0. The Morgan fingerprint density at radius 2 is 2.18 bits per heavy atom. The van der Waals surface area contributed by atoms with Gasteiger partial charge in [0.25, 0.3) is 5.91 Å². The smallest absolute Gasteiger partial charge is 0.270 e. The van der Waals surface area contributed by atoms with E-state index in [0.717, 1.165) is 0 Å². The van der Waals surface area contributed by atoms with Gasteiger partial charge in [-0.1, -0.05) is 0 Å². The van der Waals surface area contributed by atoms with E-state index < -0.39 is 5.91 Å². The zero-order valence-electron chi connectivity index (χ0n) is 9.77. The molecule has 1 aromatic heterocycles. The molecule has 2 amide bonds. The highest BCUT2D eigenvalue weighted by atomic mass is 32.1. The largest absolute Gasteiger partial charge is 0.370 e. The van der Waals surface area contributed by atoms with Crippen LogP contribution in [0, 0.1) is 0 Å². The van der Waals surface area contributed by atoms with Crippen LogP contribution in [-0.2, 0) is 4.79 Å². The summed E-state index contributed by atoms with van der Waals surface area (Å²) >= 11 is 1.34. The van der Waals surface area contributed by atoms with Crippen molar-refractivity contribution in [2.45, 2.75) is 32.4 Å². The van der Waals surface area contributed by atoms with Crippen molar-refractivity contribution >= 4 is 23.2 Å². The first-order valence-corrected chi connectivity index (χ1v) is 6.08. The number of nitrogens with two attached hydrogens (primary N) is 2. The number of nitrogens with one attached hydrogen (secondary N) is 1. The average molecular weight is 256 g/mol. The lowest BCUT2D eigenvalue weighted by atomic mass is 10.2.